The normalized spacial score (nSPS) is 30.9. The Labute approximate surface area is 277 Å². The van der Waals surface area contributed by atoms with Gasteiger partial charge in [-0.25, -0.2) is 18.1 Å². The molecule has 3 heterocycles. The fraction of sp³-hybridized carbons (Fsp3) is 0.543. The lowest BCUT2D eigenvalue weighted by atomic mass is 9.98. The van der Waals surface area contributed by atoms with Crippen LogP contribution in [0.1, 0.15) is 65.7 Å². The minimum Gasteiger partial charge on any atom is -0.384 e. The summed E-state index contributed by atoms with van der Waals surface area (Å²) in [5.74, 6) is -0.837. The van der Waals surface area contributed by atoms with E-state index in [1.165, 1.54) is 6.07 Å². The molecule has 1 saturated heterocycles. The van der Waals surface area contributed by atoms with Crippen LogP contribution in [-0.4, -0.2) is 66.7 Å². The van der Waals surface area contributed by atoms with E-state index in [4.69, 9.17) is 0 Å². The van der Waals surface area contributed by atoms with Crippen molar-refractivity contribution in [1.29, 1.82) is 0 Å². The van der Waals surface area contributed by atoms with Crippen LogP contribution in [0.5, 0.6) is 0 Å². The first-order valence-corrected chi connectivity index (χ1v) is 18.3. The molecule has 4 aliphatic rings. The number of nitrogens with one attached hydrogen (secondary N) is 4. The molecule has 47 heavy (non-hydrogen) atoms. The SMILES string of the molecule is CCC1CC12C[C@@H](C(=O)N[C@]13C[C@H]1/C=C\CCCCNc1ccccc1S(=O)(=O)NC3=O)N(C(=O)C(Nc1ccccn1)C(C)C)C2. The molecule has 0 radical (unpaired) electrons. The Morgan fingerprint density at radius 1 is 1.09 bits per heavy atom. The highest BCUT2D eigenvalue weighted by Gasteiger charge is 2.65. The Kier molecular flexibility index (Phi) is 9.08. The molecule has 252 valence electrons. The van der Waals surface area contributed by atoms with Gasteiger partial charge in [-0.05, 0) is 80.0 Å². The first-order chi connectivity index (χ1) is 22.5. The van der Waals surface area contributed by atoms with Crippen LogP contribution >= 0.6 is 0 Å². The molecule has 1 aromatic carbocycles. The molecule has 4 N–H and O–H groups in total. The molecule has 12 heteroatoms. The third-order valence-electron chi connectivity index (χ3n) is 10.5. The van der Waals surface area contributed by atoms with Gasteiger partial charge >= 0.3 is 0 Å². The van der Waals surface area contributed by atoms with Gasteiger partial charge in [0.2, 0.25) is 11.8 Å². The molecular weight excluding hydrogens is 616 g/mol. The van der Waals surface area contributed by atoms with Crippen molar-refractivity contribution in [3.63, 3.8) is 0 Å². The molecule has 3 amide bonds. The van der Waals surface area contributed by atoms with E-state index in [9.17, 15) is 22.8 Å². The molecule has 6 atom stereocenters. The van der Waals surface area contributed by atoms with Crippen LogP contribution in [0.2, 0.25) is 0 Å². The highest BCUT2D eigenvalue weighted by molar-refractivity contribution is 7.90. The van der Waals surface area contributed by atoms with E-state index in [0.717, 1.165) is 32.1 Å². The van der Waals surface area contributed by atoms with Gasteiger partial charge in [-0.3, -0.25) is 14.4 Å². The smallest absolute Gasteiger partial charge is 0.266 e. The van der Waals surface area contributed by atoms with Gasteiger partial charge in [0.15, 0.2) is 0 Å². The number of hydrogen-bond donors (Lipinski definition) is 4. The van der Waals surface area contributed by atoms with Gasteiger partial charge in [0.05, 0.1) is 5.69 Å². The summed E-state index contributed by atoms with van der Waals surface area (Å²) in [5, 5.41) is 9.46. The second-order valence-corrected chi connectivity index (χ2v) is 15.6. The van der Waals surface area contributed by atoms with Crippen molar-refractivity contribution in [3.8, 4) is 0 Å². The molecule has 3 unspecified atom stereocenters. The molecule has 0 bridgehead atoms. The van der Waals surface area contributed by atoms with E-state index >= 15 is 0 Å². The molecule has 2 saturated carbocycles. The molecule has 2 aliphatic heterocycles. The first-order valence-electron chi connectivity index (χ1n) is 16.9. The summed E-state index contributed by atoms with van der Waals surface area (Å²) in [6, 6.07) is 10.6. The lowest BCUT2D eigenvalue weighted by molar-refractivity contribution is -0.140. The van der Waals surface area contributed by atoms with Gasteiger partial charge in [0.1, 0.15) is 28.3 Å². The zero-order valence-electron chi connectivity index (χ0n) is 27.4. The minimum atomic E-state index is -4.25. The van der Waals surface area contributed by atoms with E-state index in [-0.39, 0.29) is 34.5 Å². The Morgan fingerprint density at radius 2 is 1.87 bits per heavy atom. The number of benzene rings is 1. The van der Waals surface area contributed by atoms with Crippen molar-refractivity contribution in [2.45, 2.75) is 88.2 Å². The maximum absolute atomic E-state index is 14.3. The number of allylic oxidation sites excluding steroid dienone is 1. The van der Waals surface area contributed by atoms with Crippen LogP contribution in [0.25, 0.3) is 0 Å². The Morgan fingerprint density at radius 3 is 2.60 bits per heavy atom. The van der Waals surface area contributed by atoms with E-state index in [2.05, 4.69) is 32.6 Å². The number of amides is 3. The number of sulfonamides is 1. The summed E-state index contributed by atoms with van der Waals surface area (Å²) < 4.78 is 29.4. The summed E-state index contributed by atoms with van der Waals surface area (Å²) in [4.78, 5) is 48.5. The van der Waals surface area contributed by atoms with Gasteiger partial charge in [-0.15, -0.1) is 0 Å². The second kappa shape index (κ2) is 12.9. The lowest BCUT2D eigenvalue weighted by Gasteiger charge is -2.31. The van der Waals surface area contributed by atoms with Crippen molar-refractivity contribution in [3.05, 3.63) is 60.8 Å². The summed E-state index contributed by atoms with van der Waals surface area (Å²) in [6.45, 7) is 7.12. The number of pyridine rings is 1. The van der Waals surface area contributed by atoms with Crippen LogP contribution in [0.15, 0.2) is 65.7 Å². The molecular formula is C35H46N6O5S. The van der Waals surface area contributed by atoms with E-state index in [1.54, 1.807) is 35.4 Å². The van der Waals surface area contributed by atoms with Crippen LogP contribution in [-0.2, 0) is 24.4 Å². The quantitative estimate of drug-likeness (QED) is 0.325. The van der Waals surface area contributed by atoms with Gasteiger partial charge in [0, 0.05) is 25.2 Å². The number of anilines is 2. The third-order valence-corrected chi connectivity index (χ3v) is 11.8. The van der Waals surface area contributed by atoms with Crippen LogP contribution in [0.3, 0.4) is 0 Å². The fourth-order valence-electron chi connectivity index (χ4n) is 7.50. The number of likely N-dealkylation sites (tertiary alicyclic amines) is 1. The van der Waals surface area contributed by atoms with Gasteiger partial charge < -0.3 is 20.9 Å². The predicted octanol–water partition coefficient (Wildman–Crippen LogP) is 4.07. The van der Waals surface area contributed by atoms with Crippen LogP contribution in [0.4, 0.5) is 11.5 Å². The monoisotopic (exact) mass is 662 g/mol. The first kappa shape index (κ1) is 33.0. The maximum atomic E-state index is 14.3. The number of hydrogen-bond acceptors (Lipinski definition) is 8. The number of fused-ring (bicyclic) bond motifs is 2. The highest BCUT2D eigenvalue weighted by atomic mass is 32.2. The van der Waals surface area contributed by atoms with Crippen molar-refractivity contribution >= 4 is 39.3 Å². The van der Waals surface area contributed by atoms with Crippen molar-refractivity contribution in [2.75, 3.05) is 23.7 Å². The molecule has 6 rings (SSSR count). The van der Waals surface area contributed by atoms with Crippen LogP contribution in [0, 0.1) is 23.2 Å². The average Bonchev–Trinajstić information content (AvgIpc) is 3.90. The zero-order valence-corrected chi connectivity index (χ0v) is 28.2. The number of nitrogens with zero attached hydrogens (tertiary/aromatic N) is 2. The Balaban J connectivity index is 1.27. The Bertz CT molecular complexity index is 1650. The molecule has 1 aromatic heterocycles. The standard InChI is InChI=1S/C35H46N6O5S/c1-4-24-19-34(24)21-27(41(22-34)32(43)30(23(2)3)38-29-16-10-12-18-37-29)31(42)39-35-20-25(35)13-7-5-6-11-17-36-26-14-8-9-15-28(26)47(45,46)40-33(35)44/h7-10,12-16,18,23-25,27,30,36H,4-6,11,17,19-22H2,1-3H3,(H,37,38)(H,39,42)(H,40,44)/b13-7-/t24?,25-,27+,30?,34?,35-/m1/s1. The second-order valence-electron chi connectivity index (χ2n) is 14.0. The summed E-state index contributed by atoms with van der Waals surface area (Å²) in [7, 11) is -4.25. The molecule has 3 fully saturated rings. The van der Waals surface area contributed by atoms with E-state index in [0.29, 0.717) is 36.9 Å². The van der Waals surface area contributed by atoms with Crippen molar-refractivity contribution < 1.29 is 22.8 Å². The minimum absolute atomic E-state index is 0.0198. The third kappa shape index (κ3) is 6.61. The number of rotatable bonds is 7. The largest absolute Gasteiger partial charge is 0.384 e. The van der Waals surface area contributed by atoms with Crippen LogP contribution < -0.4 is 20.7 Å². The van der Waals surface area contributed by atoms with E-state index < -0.39 is 39.5 Å². The maximum Gasteiger partial charge on any atom is 0.266 e. The highest BCUT2D eigenvalue weighted by Crippen LogP contribution is 2.61. The van der Waals surface area contributed by atoms with Gasteiger partial charge in [-0.2, -0.15) is 0 Å². The molecule has 2 aliphatic carbocycles. The van der Waals surface area contributed by atoms with Gasteiger partial charge in [0.25, 0.3) is 15.9 Å². The lowest BCUT2D eigenvalue weighted by Crippen LogP contribution is -2.57. The topological polar surface area (TPSA) is 150 Å². The number of carbonyl (C=O) groups excluding carboxylic acids is 3. The Hall–Kier alpha value is -3.93. The van der Waals surface area contributed by atoms with Gasteiger partial charge in [-0.1, -0.05) is 57.5 Å². The summed E-state index contributed by atoms with van der Waals surface area (Å²) in [5.41, 5.74) is -1.15. The molecule has 1 spiro atoms. The number of carbonyl (C=O) groups is 3. The zero-order chi connectivity index (χ0) is 33.4. The molecule has 2 aromatic rings. The predicted molar refractivity (Wildman–Crippen MR) is 180 cm³/mol. The fourth-order valence-corrected chi connectivity index (χ4v) is 8.72. The van der Waals surface area contributed by atoms with E-state index in [1.807, 2.05) is 38.1 Å². The summed E-state index contributed by atoms with van der Waals surface area (Å²) in [6.07, 6.45) is 10.8. The van der Waals surface area contributed by atoms with Crippen molar-refractivity contribution in [1.82, 2.24) is 19.9 Å². The molecule has 11 nitrogen and oxygen atoms in total. The average molecular weight is 663 g/mol. The van der Waals surface area contributed by atoms with Crippen molar-refractivity contribution in [2.24, 2.45) is 23.2 Å². The summed E-state index contributed by atoms with van der Waals surface area (Å²) >= 11 is 0. The number of aromatic nitrogens is 1. The number of para-hydroxylation sites is 1.